The Morgan fingerprint density at radius 2 is 1.38 bits per heavy atom. The Hall–Kier alpha value is -2.64. The number of rotatable bonds is 12. The molecule has 0 aliphatic heterocycles. The number of ether oxygens (including phenoxy) is 1. The first-order valence-electron chi connectivity index (χ1n) is 16.8. The Kier molecular flexibility index (Phi) is 38.1. The van der Waals surface area contributed by atoms with E-state index in [1.54, 1.807) is 6.07 Å². The number of nitrogens with one attached hydrogen (secondary N) is 1. The number of aryl methyl sites for hydroxylation is 3. The molecule has 0 spiro atoms. The van der Waals surface area contributed by atoms with Crippen LogP contribution in [0.4, 0.5) is 8.78 Å². The van der Waals surface area contributed by atoms with Crippen molar-refractivity contribution in [2.24, 2.45) is 5.92 Å². The summed E-state index contributed by atoms with van der Waals surface area (Å²) in [5.74, 6) is 0.878. The van der Waals surface area contributed by atoms with E-state index in [1.807, 2.05) is 91.8 Å². The molecule has 2 aromatic rings. The number of hydrogen-bond acceptors (Lipinski definition) is 5. The van der Waals surface area contributed by atoms with Gasteiger partial charge in [-0.15, -0.1) is 0 Å². The van der Waals surface area contributed by atoms with E-state index >= 15 is 0 Å². The molecule has 2 rings (SSSR count). The van der Waals surface area contributed by atoms with E-state index < -0.39 is 18.6 Å². The molecule has 276 valence electrons. The van der Waals surface area contributed by atoms with E-state index in [2.05, 4.69) is 40.1 Å². The predicted octanol–water partition coefficient (Wildman–Crippen LogP) is 11.2. The number of aliphatic hydroxyl groups is 1. The lowest BCUT2D eigenvalue weighted by atomic mass is 9.91. The van der Waals surface area contributed by atoms with Crippen LogP contribution in [0.15, 0.2) is 42.5 Å². The lowest BCUT2D eigenvalue weighted by Crippen LogP contribution is -2.39. The van der Waals surface area contributed by atoms with Crippen LogP contribution >= 0.6 is 0 Å². The smallest absolute Gasteiger partial charge is 0.272 e. The van der Waals surface area contributed by atoms with Crippen molar-refractivity contribution < 1.29 is 28.2 Å². The van der Waals surface area contributed by atoms with Gasteiger partial charge in [0.15, 0.2) is 0 Å². The first-order chi connectivity index (χ1) is 21.5. The maximum absolute atomic E-state index is 11.8. The molecule has 0 aliphatic rings. The second kappa shape index (κ2) is 33.3. The van der Waals surface area contributed by atoms with Gasteiger partial charge in [-0.1, -0.05) is 99.4 Å². The Labute approximate surface area is 289 Å². The third-order valence-corrected chi connectivity index (χ3v) is 7.10. The van der Waals surface area contributed by atoms with Crippen LogP contribution in [0.1, 0.15) is 143 Å². The number of hydrogen-bond donors (Lipinski definition) is 2. The number of carbonyl (C=O) groups is 2. The zero-order valence-corrected chi connectivity index (χ0v) is 31.7. The summed E-state index contributed by atoms with van der Waals surface area (Å²) in [5, 5.41) is 12.5. The normalized spacial score (nSPS) is 10.0. The molecule has 47 heavy (non-hydrogen) atoms. The molecule has 7 heteroatoms. The number of aldehydes is 2. The summed E-state index contributed by atoms with van der Waals surface area (Å²) in [6, 6.07) is 13.0. The summed E-state index contributed by atoms with van der Waals surface area (Å²) in [4.78, 5) is 19.1. The molecule has 2 aromatic carbocycles. The first kappa shape index (κ1) is 53.8. The highest BCUT2D eigenvalue weighted by molar-refractivity contribution is 5.75. The van der Waals surface area contributed by atoms with Crippen LogP contribution in [-0.4, -0.2) is 48.9 Å². The topological polar surface area (TPSA) is 75.6 Å². The molecule has 0 saturated heterocycles. The SMILES string of the molecule is C.CC.CC(C)C(C)(C)O.CC=O.CCCC(C)(CCC)NC.CCCc1cccc(OCC(F)F)c1.Cc1ccc(C=O)cc1C. The van der Waals surface area contributed by atoms with E-state index in [0.717, 1.165) is 36.5 Å². The van der Waals surface area contributed by atoms with Gasteiger partial charge >= 0.3 is 0 Å². The van der Waals surface area contributed by atoms with Crippen molar-refractivity contribution in [3.63, 3.8) is 0 Å². The largest absolute Gasteiger partial charge is 0.488 e. The van der Waals surface area contributed by atoms with Gasteiger partial charge in [0.2, 0.25) is 0 Å². The Bertz CT molecular complexity index is 982. The minimum absolute atomic E-state index is 0. The van der Waals surface area contributed by atoms with Gasteiger partial charge in [0.1, 0.15) is 24.9 Å². The molecular formula is C40H73F2NO4. The van der Waals surface area contributed by atoms with Crippen LogP contribution in [0.3, 0.4) is 0 Å². The number of carbonyl (C=O) groups excluding carboxylic acids is 2. The van der Waals surface area contributed by atoms with E-state index in [-0.39, 0.29) is 7.43 Å². The quantitative estimate of drug-likeness (QED) is 0.220. The van der Waals surface area contributed by atoms with Crippen molar-refractivity contribution in [3.05, 3.63) is 64.7 Å². The van der Waals surface area contributed by atoms with Crippen LogP contribution in [-0.2, 0) is 11.2 Å². The first-order valence-corrected chi connectivity index (χ1v) is 16.8. The molecule has 5 nitrogen and oxygen atoms in total. The Morgan fingerprint density at radius 1 is 0.894 bits per heavy atom. The number of benzene rings is 2. The molecule has 2 N–H and O–H groups in total. The van der Waals surface area contributed by atoms with E-state index in [1.165, 1.54) is 43.7 Å². The number of halogens is 2. The van der Waals surface area contributed by atoms with Gasteiger partial charge in [0.25, 0.3) is 6.43 Å². The summed E-state index contributed by atoms with van der Waals surface area (Å²) in [7, 11) is 2.06. The van der Waals surface area contributed by atoms with Crippen molar-refractivity contribution in [3.8, 4) is 5.75 Å². The van der Waals surface area contributed by atoms with Crippen molar-refractivity contribution in [2.45, 2.75) is 154 Å². The zero-order chi connectivity index (χ0) is 36.8. The Balaban J connectivity index is -0.000000162. The highest BCUT2D eigenvalue weighted by Crippen LogP contribution is 2.18. The molecular weight excluding hydrogens is 596 g/mol. The summed E-state index contributed by atoms with van der Waals surface area (Å²) >= 11 is 0. The van der Waals surface area contributed by atoms with Gasteiger partial charge in [-0.25, -0.2) is 8.78 Å². The highest BCUT2D eigenvalue weighted by Gasteiger charge is 2.18. The Morgan fingerprint density at radius 3 is 1.72 bits per heavy atom. The molecule has 0 unspecified atom stereocenters. The van der Waals surface area contributed by atoms with Crippen LogP contribution in [0.5, 0.6) is 5.75 Å². The molecule has 0 bridgehead atoms. The maximum atomic E-state index is 11.8. The van der Waals surface area contributed by atoms with Gasteiger partial charge in [-0.2, -0.15) is 0 Å². The summed E-state index contributed by atoms with van der Waals surface area (Å²) < 4.78 is 28.6. The van der Waals surface area contributed by atoms with Crippen LogP contribution in [0, 0.1) is 19.8 Å². The monoisotopic (exact) mass is 670 g/mol. The predicted molar refractivity (Wildman–Crippen MR) is 201 cm³/mol. The third-order valence-electron chi connectivity index (χ3n) is 7.10. The van der Waals surface area contributed by atoms with Crippen molar-refractivity contribution in [1.82, 2.24) is 5.32 Å². The van der Waals surface area contributed by atoms with E-state index in [4.69, 9.17) is 14.6 Å². The van der Waals surface area contributed by atoms with Gasteiger partial charge in [-0.3, -0.25) is 4.79 Å². The molecule has 0 aromatic heterocycles. The van der Waals surface area contributed by atoms with Gasteiger partial charge in [0, 0.05) is 11.1 Å². The standard InChI is InChI=1S/C11H14F2O.C9H21N.C9H10O.C6H14O.C2H4O.C2H6.CH4/c1-2-4-9-5-3-6-10(7-9)14-8-11(12)13;1-5-7-9(3,10-4)8-6-2;1-7-3-4-9(6-10)5-8(7)2;1-5(2)6(3,4)7;1-2-3;1-2;/h3,5-7,11H,2,4,8H2,1H3;10H,5-8H2,1-4H3;3-6H,1-2H3;5,7H,1-4H3;2H,1H3;1-2H3;1H4. The van der Waals surface area contributed by atoms with E-state index in [0.29, 0.717) is 17.2 Å². The summed E-state index contributed by atoms with van der Waals surface area (Å²) in [5.41, 5.74) is 4.17. The van der Waals surface area contributed by atoms with E-state index in [9.17, 15) is 13.6 Å². The molecule has 0 saturated carbocycles. The van der Waals surface area contributed by atoms with Crippen LogP contribution in [0.2, 0.25) is 0 Å². The molecule has 0 radical (unpaired) electrons. The second-order valence-electron chi connectivity index (χ2n) is 11.9. The minimum Gasteiger partial charge on any atom is -0.488 e. The van der Waals surface area contributed by atoms with Crippen molar-refractivity contribution in [2.75, 3.05) is 13.7 Å². The molecule has 0 fully saturated rings. The fourth-order valence-electron chi connectivity index (χ4n) is 3.56. The summed E-state index contributed by atoms with van der Waals surface area (Å²) in [6.07, 6.45) is 6.32. The molecule has 0 atom stereocenters. The average Bonchev–Trinajstić information content (AvgIpc) is 3.00. The average molecular weight is 670 g/mol. The summed E-state index contributed by atoms with van der Waals surface area (Å²) in [6.45, 7) is 25.4. The second-order valence-corrected chi connectivity index (χ2v) is 11.9. The van der Waals surface area contributed by atoms with Gasteiger partial charge in [-0.05, 0) is 109 Å². The minimum atomic E-state index is -2.41. The maximum Gasteiger partial charge on any atom is 0.272 e. The van der Waals surface area contributed by atoms with Crippen LogP contribution in [0.25, 0.3) is 0 Å². The lowest BCUT2D eigenvalue weighted by Gasteiger charge is -2.28. The highest BCUT2D eigenvalue weighted by atomic mass is 19.3. The molecule has 0 heterocycles. The third kappa shape index (κ3) is 33.1. The zero-order valence-electron chi connectivity index (χ0n) is 31.7. The fourth-order valence-corrected chi connectivity index (χ4v) is 3.56. The number of alkyl halides is 2. The fraction of sp³-hybridized carbons (Fsp3) is 0.650. The van der Waals surface area contributed by atoms with Crippen molar-refractivity contribution in [1.29, 1.82) is 0 Å². The molecule has 0 aliphatic carbocycles. The molecule has 0 amide bonds. The van der Waals surface area contributed by atoms with Crippen molar-refractivity contribution >= 4 is 12.6 Å². The van der Waals surface area contributed by atoms with Crippen LogP contribution < -0.4 is 10.1 Å². The van der Waals surface area contributed by atoms with Gasteiger partial charge in [0.05, 0.1) is 5.60 Å². The van der Waals surface area contributed by atoms with Gasteiger partial charge < -0.3 is 20.0 Å². The lowest BCUT2D eigenvalue weighted by molar-refractivity contribution is -0.106.